The number of aliphatic hydroxyl groups excluding tert-OH is 1. The van der Waals surface area contributed by atoms with Gasteiger partial charge in [-0.3, -0.25) is 0 Å². The van der Waals surface area contributed by atoms with E-state index in [2.05, 4.69) is 0 Å². The van der Waals surface area contributed by atoms with Gasteiger partial charge in [0.25, 0.3) is 0 Å². The molecule has 16 heavy (non-hydrogen) atoms. The van der Waals surface area contributed by atoms with E-state index in [9.17, 15) is 5.11 Å². The third-order valence-electron chi connectivity index (χ3n) is 2.30. The molecule has 88 valence electrons. The second kappa shape index (κ2) is 5.71. The zero-order valence-corrected chi connectivity index (χ0v) is 10.2. The van der Waals surface area contributed by atoms with E-state index in [1.54, 1.807) is 6.08 Å². The smallest absolute Gasteiger partial charge is 0.119 e. The Morgan fingerprint density at radius 1 is 1.25 bits per heavy atom. The van der Waals surface area contributed by atoms with Crippen LogP contribution in [0.3, 0.4) is 0 Å². The minimum Gasteiger partial charge on any atom is -0.490 e. The second-order valence-electron chi connectivity index (χ2n) is 4.86. The average Bonchev–Trinajstić information content (AvgIpc) is 2.24. The van der Waals surface area contributed by atoms with Crippen LogP contribution in [0.1, 0.15) is 20.8 Å². The molecule has 0 aliphatic carbocycles. The van der Waals surface area contributed by atoms with Gasteiger partial charge in [-0.05, 0) is 23.6 Å². The summed E-state index contributed by atoms with van der Waals surface area (Å²) in [7, 11) is 0. The third kappa shape index (κ3) is 4.49. The number of aliphatic hydroxyl groups is 1. The molecule has 1 rings (SSSR count). The lowest BCUT2D eigenvalue weighted by atomic mass is 9.89. The Hall–Kier alpha value is -1.28. The predicted octanol–water partition coefficient (Wildman–Crippen LogP) is 3.03. The molecule has 1 aromatic rings. The van der Waals surface area contributed by atoms with E-state index >= 15 is 0 Å². The highest BCUT2D eigenvalue weighted by molar-refractivity contribution is 5.21. The number of rotatable bonds is 4. The molecule has 0 heterocycles. The Bertz CT molecular complexity index is 322. The molecule has 0 radical (unpaired) electrons. The molecule has 1 unspecified atom stereocenters. The van der Waals surface area contributed by atoms with Gasteiger partial charge in [-0.15, -0.1) is 0 Å². The normalized spacial score (nSPS) is 14.0. The molecule has 2 nitrogen and oxygen atoms in total. The van der Waals surface area contributed by atoms with Crippen LogP contribution in [-0.2, 0) is 0 Å². The summed E-state index contributed by atoms with van der Waals surface area (Å²) < 4.78 is 5.47. The van der Waals surface area contributed by atoms with Crippen LogP contribution in [0.15, 0.2) is 42.5 Å². The van der Waals surface area contributed by atoms with Crippen LogP contribution in [0.25, 0.3) is 0 Å². The number of hydrogen-bond acceptors (Lipinski definition) is 2. The Morgan fingerprint density at radius 3 is 2.44 bits per heavy atom. The first-order chi connectivity index (χ1) is 7.50. The molecule has 0 bridgehead atoms. The lowest BCUT2D eigenvalue weighted by Gasteiger charge is -2.22. The van der Waals surface area contributed by atoms with E-state index in [0.29, 0.717) is 6.61 Å². The average molecular weight is 220 g/mol. The summed E-state index contributed by atoms with van der Waals surface area (Å²) in [4.78, 5) is 0. The maximum Gasteiger partial charge on any atom is 0.119 e. The topological polar surface area (TPSA) is 29.5 Å². The highest BCUT2D eigenvalue weighted by atomic mass is 16.5. The molecule has 0 saturated carbocycles. The molecular formula is C14H20O2. The van der Waals surface area contributed by atoms with Crippen LogP contribution in [0, 0.1) is 5.41 Å². The summed E-state index contributed by atoms with van der Waals surface area (Å²) in [6.45, 7) is 6.48. The van der Waals surface area contributed by atoms with E-state index in [1.807, 2.05) is 57.2 Å². The van der Waals surface area contributed by atoms with Crippen molar-refractivity contribution in [1.82, 2.24) is 0 Å². The van der Waals surface area contributed by atoms with E-state index in [-0.39, 0.29) is 5.41 Å². The minimum absolute atomic E-state index is 0.122. The van der Waals surface area contributed by atoms with Gasteiger partial charge in [0.15, 0.2) is 0 Å². The van der Waals surface area contributed by atoms with Gasteiger partial charge in [0.1, 0.15) is 12.4 Å². The monoisotopic (exact) mass is 220 g/mol. The molecule has 1 atom stereocenters. The zero-order chi connectivity index (χ0) is 12.0. The Kier molecular flexibility index (Phi) is 4.56. The second-order valence-corrected chi connectivity index (χ2v) is 4.86. The SMILES string of the molecule is CC(C)(C)C(O)/C=C/COc1ccccc1. The summed E-state index contributed by atoms with van der Waals surface area (Å²) in [5.41, 5.74) is -0.122. The van der Waals surface area contributed by atoms with Crippen LogP contribution < -0.4 is 4.74 Å². The summed E-state index contributed by atoms with van der Waals surface area (Å²) in [5.74, 6) is 0.845. The number of benzene rings is 1. The molecule has 0 aliphatic rings. The largest absolute Gasteiger partial charge is 0.490 e. The third-order valence-corrected chi connectivity index (χ3v) is 2.30. The first kappa shape index (κ1) is 12.8. The maximum atomic E-state index is 9.74. The summed E-state index contributed by atoms with van der Waals surface area (Å²) in [6.07, 6.45) is 3.19. The quantitative estimate of drug-likeness (QED) is 0.790. The van der Waals surface area contributed by atoms with Gasteiger partial charge in [-0.25, -0.2) is 0 Å². The molecule has 0 aliphatic heterocycles. The number of para-hydroxylation sites is 1. The van der Waals surface area contributed by atoms with Crippen LogP contribution >= 0.6 is 0 Å². The predicted molar refractivity (Wildman–Crippen MR) is 66.5 cm³/mol. The molecule has 1 aromatic carbocycles. The van der Waals surface area contributed by atoms with Gasteiger partial charge < -0.3 is 9.84 Å². The minimum atomic E-state index is -0.438. The Balaban J connectivity index is 2.34. The van der Waals surface area contributed by atoms with Gasteiger partial charge in [0.05, 0.1) is 6.10 Å². The molecule has 2 heteroatoms. The first-order valence-corrected chi connectivity index (χ1v) is 5.53. The molecule has 0 spiro atoms. The molecule has 0 aromatic heterocycles. The molecular weight excluding hydrogens is 200 g/mol. The summed E-state index contributed by atoms with van der Waals surface area (Å²) >= 11 is 0. The highest BCUT2D eigenvalue weighted by Gasteiger charge is 2.18. The van der Waals surface area contributed by atoms with E-state index in [1.165, 1.54) is 0 Å². The van der Waals surface area contributed by atoms with E-state index < -0.39 is 6.10 Å². The summed E-state index contributed by atoms with van der Waals surface area (Å²) in [5, 5.41) is 9.74. The van der Waals surface area contributed by atoms with Gasteiger partial charge >= 0.3 is 0 Å². The zero-order valence-electron chi connectivity index (χ0n) is 10.2. The standard InChI is InChI=1S/C14H20O2/c1-14(2,3)13(15)10-7-11-16-12-8-5-4-6-9-12/h4-10,13,15H,11H2,1-3H3/b10-7+. The Labute approximate surface area is 97.6 Å². The van der Waals surface area contributed by atoms with Crippen LogP contribution in [0.5, 0.6) is 5.75 Å². The van der Waals surface area contributed by atoms with Gasteiger partial charge in [0.2, 0.25) is 0 Å². The van der Waals surface area contributed by atoms with Crippen molar-refractivity contribution in [3.8, 4) is 5.75 Å². The van der Waals surface area contributed by atoms with Crippen molar-refractivity contribution in [2.75, 3.05) is 6.61 Å². The maximum absolute atomic E-state index is 9.74. The van der Waals surface area contributed by atoms with Gasteiger partial charge in [-0.1, -0.05) is 45.0 Å². The number of ether oxygens (including phenoxy) is 1. The fourth-order valence-corrected chi connectivity index (χ4v) is 1.13. The van der Waals surface area contributed by atoms with Crippen molar-refractivity contribution in [2.45, 2.75) is 26.9 Å². The molecule has 0 saturated heterocycles. The first-order valence-electron chi connectivity index (χ1n) is 5.53. The highest BCUT2D eigenvalue weighted by Crippen LogP contribution is 2.19. The van der Waals surface area contributed by atoms with Crippen LogP contribution in [-0.4, -0.2) is 17.8 Å². The fraction of sp³-hybridized carbons (Fsp3) is 0.429. The van der Waals surface area contributed by atoms with Crippen molar-refractivity contribution in [3.63, 3.8) is 0 Å². The summed E-state index contributed by atoms with van der Waals surface area (Å²) in [6, 6.07) is 9.64. The Morgan fingerprint density at radius 2 is 1.88 bits per heavy atom. The van der Waals surface area contributed by atoms with Crippen molar-refractivity contribution in [1.29, 1.82) is 0 Å². The lowest BCUT2D eigenvalue weighted by Crippen LogP contribution is -2.23. The fourth-order valence-electron chi connectivity index (χ4n) is 1.13. The van der Waals surface area contributed by atoms with E-state index in [4.69, 9.17) is 4.74 Å². The van der Waals surface area contributed by atoms with Crippen molar-refractivity contribution in [3.05, 3.63) is 42.5 Å². The van der Waals surface area contributed by atoms with Crippen molar-refractivity contribution >= 4 is 0 Å². The van der Waals surface area contributed by atoms with Crippen LogP contribution in [0.4, 0.5) is 0 Å². The van der Waals surface area contributed by atoms with E-state index in [0.717, 1.165) is 5.75 Å². The molecule has 1 N–H and O–H groups in total. The van der Waals surface area contributed by atoms with Crippen LogP contribution in [0.2, 0.25) is 0 Å². The van der Waals surface area contributed by atoms with Crippen molar-refractivity contribution < 1.29 is 9.84 Å². The molecule has 0 amide bonds. The van der Waals surface area contributed by atoms with Gasteiger partial charge in [0, 0.05) is 0 Å². The molecule has 0 fully saturated rings. The van der Waals surface area contributed by atoms with Gasteiger partial charge in [-0.2, -0.15) is 0 Å². The number of hydrogen-bond donors (Lipinski definition) is 1. The van der Waals surface area contributed by atoms with Crippen molar-refractivity contribution in [2.24, 2.45) is 5.41 Å². The lowest BCUT2D eigenvalue weighted by molar-refractivity contribution is 0.105.